The first-order valence-electron chi connectivity index (χ1n) is 6.00. The number of hydrazine groups is 1. The molecular weight excluding hydrogens is 256 g/mol. The van der Waals surface area contributed by atoms with Crippen molar-refractivity contribution in [2.75, 3.05) is 24.5 Å². The van der Waals surface area contributed by atoms with Crippen molar-refractivity contribution >= 4 is 17.4 Å². The molecule has 2 rings (SSSR count). The molecule has 0 atom stereocenters. The van der Waals surface area contributed by atoms with Gasteiger partial charge in [0.15, 0.2) is 0 Å². The van der Waals surface area contributed by atoms with Crippen LogP contribution in [-0.2, 0) is 0 Å². The average molecular weight is 272 g/mol. The predicted molar refractivity (Wildman–Crippen MR) is 77.8 cm³/mol. The maximum absolute atomic E-state index is 12.3. The number of nitrogens with one attached hydrogen (secondary N) is 1. The standard InChI is InChI=1S/C14H16N4O2/c1-18(11-4-3-5-12(8-11)20-2)14(19)10-6-7-13(17-15)16-9-10/h3-9H,15H2,1-2H3,(H,16,17). The van der Waals surface area contributed by atoms with Crippen molar-refractivity contribution < 1.29 is 9.53 Å². The molecule has 0 aliphatic heterocycles. The fraction of sp³-hybridized carbons (Fsp3) is 0.143. The van der Waals surface area contributed by atoms with Gasteiger partial charge < -0.3 is 15.1 Å². The number of ether oxygens (including phenoxy) is 1. The van der Waals surface area contributed by atoms with Gasteiger partial charge in [-0.05, 0) is 24.3 Å². The third-order valence-electron chi connectivity index (χ3n) is 2.90. The molecule has 20 heavy (non-hydrogen) atoms. The van der Waals surface area contributed by atoms with Crippen molar-refractivity contribution in [1.29, 1.82) is 0 Å². The van der Waals surface area contributed by atoms with E-state index in [1.807, 2.05) is 18.2 Å². The van der Waals surface area contributed by atoms with E-state index in [2.05, 4.69) is 10.4 Å². The topological polar surface area (TPSA) is 80.5 Å². The average Bonchev–Trinajstić information content (AvgIpc) is 2.53. The summed E-state index contributed by atoms with van der Waals surface area (Å²) in [5.74, 6) is 6.28. The minimum atomic E-state index is -0.158. The number of amides is 1. The van der Waals surface area contributed by atoms with Crippen LogP contribution in [-0.4, -0.2) is 25.0 Å². The quantitative estimate of drug-likeness (QED) is 0.653. The van der Waals surface area contributed by atoms with E-state index in [1.54, 1.807) is 32.4 Å². The first kappa shape index (κ1) is 13.8. The maximum atomic E-state index is 12.3. The second-order valence-electron chi connectivity index (χ2n) is 4.14. The van der Waals surface area contributed by atoms with Gasteiger partial charge in [0.05, 0.1) is 12.7 Å². The number of benzene rings is 1. The number of methoxy groups -OCH3 is 1. The Balaban J connectivity index is 2.22. The number of aromatic nitrogens is 1. The fourth-order valence-corrected chi connectivity index (χ4v) is 1.74. The summed E-state index contributed by atoms with van der Waals surface area (Å²) < 4.78 is 5.15. The molecule has 0 radical (unpaired) electrons. The van der Waals surface area contributed by atoms with E-state index in [4.69, 9.17) is 10.6 Å². The number of hydrogen-bond donors (Lipinski definition) is 2. The van der Waals surface area contributed by atoms with Gasteiger partial charge in [-0.15, -0.1) is 0 Å². The Hall–Kier alpha value is -2.60. The van der Waals surface area contributed by atoms with Crippen LogP contribution in [0.1, 0.15) is 10.4 Å². The van der Waals surface area contributed by atoms with Gasteiger partial charge in [0.2, 0.25) is 0 Å². The number of carbonyl (C=O) groups is 1. The highest BCUT2D eigenvalue weighted by molar-refractivity contribution is 6.05. The molecule has 0 unspecified atom stereocenters. The van der Waals surface area contributed by atoms with Gasteiger partial charge in [0, 0.05) is 25.0 Å². The lowest BCUT2D eigenvalue weighted by Gasteiger charge is -2.18. The number of carbonyl (C=O) groups excluding carboxylic acids is 1. The van der Waals surface area contributed by atoms with Gasteiger partial charge in [0.25, 0.3) is 5.91 Å². The lowest BCUT2D eigenvalue weighted by molar-refractivity contribution is 0.0992. The van der Waals surface area contributed by atoms with E-state index < -0.39 is 0 Å². The SMILES string of the molecule is COc1cccc(N(C)C(=O)c2ccc(NN)nc2)c1. The number of nitrogen functional groups attached to an aromatic ring is 1. The molecule has 0 saturated heterocycles. The summed E-state index contributed by atoms with van der Waals surface area (Å²) in [5, 5.41) is 0. The Morgan fingerprint density at radius 2 is 2.15 bits per heavy atom. The summed E-state index contributed by atoms with van der Waals surface area (Å²) in [4.78, 5) is 17.9. The molecule has 3 N–H and O–H groups in total. The van der Waals surface area contributed by atoms with Gasteiger partial charge in [-0.1, -0.05) is 6.07 Å². The summed E-state index contributed by atoms with van der Waals surface area (Å²) in [6.45, 7) is 0. The zero-order valence-corrected chi connectivity index (χ0v) is 11.3. The van der Waals surface area contributed by atoms with Crippen molar-refractivity contribution in [2.24, 2.45) is 5.84 Å². The predicted octanol–water partition coefficient (Wildman–Crippen LogP) is 1.65. The van der Waals surface area contributed by atoms with E-state index >= 15 is 0 Å². The van der Waals surface area contributed by atoms with Crippen LogP contribution in [0.15, 0.2) is 42.6 Å². The largest absolute Gasteiger partial charge is 0.497 e. The normalized spacial score (nSPS) is 9.95. The molecule has 0 aliphatic rings. The molecule has 0 fully saturated rings. The van der Waals surface area contributed by atoms with Crippen LogP contribution in [0.4, 0.5) is 11.5 Å². The molecule has 1 aromatic carbocycles. The molecule has 2 aromatic rings. The Morgan fingerprint density at radius 3 is 2.75 bits per heavy atom. The van der Waals surface area contributed by atoms with E-state index in [0.29, 0.717) is 17.1 Å². The zero-order valence-electron chi connectivity index (χ0n) is 11.3. The molecule has 6 heteroatoms. The molecule has 6 nitrogen and oxygen atoms in total. The fourth-order valence-electron chi connectivity index (χ4n) is 1.74. The Bertz CT molecular complexity index is 598. The van der Waals surface area contributed by atoms with Gasteiger partial charge in [0.1, 0.15) is 11.6 Å². The molecule has 0 saturated carbocycles. The zero-order chi connectivity index (χ0) is 14.5. The molecule has 0 bridgehead atoms. The van der Waals surface area contributed by atoms with Gasteiger partial charge in [-0.2, -0.15) is 0 Å². The van der Waals surface area contributed by atoms with E-state index in [9.17, 15) is 4.79 Å². The highest BCUT2D eigenvalue weighted by Gasteiger charge is 2.14. The molecule has 1 heterocycles. The van der Waals surface area contributed by atoms with Crippen LogP contribution in [0.3, 0.4) is 0 Å². The number of pyridine rings is 1. The summed E-state index contributed by atoms with van der Waals surface area (Å²) in [6.07, 6.45) is 1.48. The highest BCUT2D eigenvalue weighted by Crippen LogP contribution is 2.21. The minimum absolute atomic E-state index is 0.158. The smallest absolute Gasteiger partial charge is 0.259 e. The van der Waals surface area contributed by atoms with Crippen LogP contribution in [0.5, 0.6) is 5.75 Å². The van der Waals surface area contributed by atoms with Crippen LogP contribution in [0.25, 0.3) is 0 Å². The molecule has 0 aliphatic carbocycles. The number of nitrogens with zero attached hydrogens (tertiary/aromatic N) is 2. The molecular formula is C14H16N4O2. The second-order valence-corrected chi connectivity index (χ2v) is 4.14. The maximum Gasteiger partial charge on any atom is 0.259 e. The lowest BCUT2D eigenvalue weighted by Crippen LogP contribution is -2.26. The summed E-state index contributed by atoms with van der Waals surface area (Å²) in [5.41, 5.74) is 3.64. The van der Waals surface area contributed by atoms with E-state index in [-0.39, 0.29) is 5.91 Å². The molecule has 104 valence electrons. The van der Waals surface area contributed by atoms with Crippen molar-refractivity contribution in [2.45, 2.75) is 0 Å². The van der Waals surface area contributed by atoms with Crippen molar-refractivity contribution in [3.05, 3.63) is 48.2 Å². The third-order valence-corrected chi connectivity index (χ3v) is 2.90. The number of rotatable bonds is 4. The second kappa shape index (κ2) is 6.03. The third kappa shape index (κ3) is 2.86. The Kier molecular flexibility index (Phi) is 4.17. The van der Waals surface area contributed by atoms with Crippen LogP contribution in [0.2, 0.25) is 0 Å². The van der Waals surface area contributed by atoms with Gasteiger partial charge in [-0.3, -0.25) is 4.79 Å². The number of hydrogen-bond acceptors (Lipinski definition) is 5. The first-order valence-corrected chi connectivity index (χ1v) is 6.00. The van der Waals surface area contributed by atoms with E-state index in [0.717, 1.165) is 5.69 Å². The summed E-state index contributed by atoms with van der Waals surface area (Å²) >= 11 is 0. The Labute approximate surface area is 117 Å². The highest BCUT2D eigenvalue weighted by atomic mass is 16.5. The number of nitrogens with two attached hydrogens (primary N) is 1. The Morgan fingerprint density at radius 1 is 1.35 bits per heavy atom. The van der Waals surface area contributed by atoms with Crippen molar-refractivity contribution in [1.82, 2.24) is 4.98 Å². The van der Waals surface area contributed by atoms with Crippen LogP contribution in [0, 0.1) is 0 Å². The molecule has 1 aromatic heterocycles. The van der Waals surface area contributed by atoms with E-state index in [1.165, 1.54) is 11.1 Å². The van der Waals surface area contributed by atoms with Crippen LogP contribution >= 0.6 is 0 Å². The molecule has 1 amide bonds. The molecule has 0 spiro atoms. The monoisotopic (exact) mass is 272 g/mol. The first-order chi connectivity index (χ1) is 9.65. The lowest BCUT2D eigenvalue weighted by atomic mass is 10.2. The van der Waals surface area contributed by atoms with Crippen molar-refractivity contribution in [3.63, 3.8) is 0 Å². The minimum Gasteiger partial charge on any atom is -0.497 e. The van der Waals surface area contributed by atoms with Gasteiger partial charge in [-0.25, -0.2) is 10.8 Å². The summed E-state index contributed by atoms with van der Waals surface area (Å²) in [6, 6.07) is 10.6. The number of anilines is 2. The van der Waals surface area contributed by atoms with Crippen LogP contribution < -0.4 is 20.9 Å². The van der Waals surface area contributed by atoms with Gasteiger partial charge >= 0.3 is 0 Å². The van der Waals surface area contributed by atoms with Crippen molar-refractivity contribution in [3.8, 4) is 5.75 Å². The summed E-state index contributed by atoms with van der Waals surface area (Å²) in [7, 11) is 3.29.